The van der Waals surface area contributed by atoms with Gasteiger partial charge in [0.1, 0.15) is 12.4 Å². The highest BCUT2D eigenvalue weighted by Crippen LogP contribution is 2.23. The third kappa shape index (κ3) is 5.09. The maximum Gasteiger partial charge on any atom is 0.269 e. The molecule has 0 amide bonds. The molecule has 0 saturated carbocycles. The Morgan fingerprint density at radius 2 is 2.26 bits per heavy atom. The first kappa shape index (κ1) is 15.2. The van der Waals surface area contributed by atoms with Gasteiger partial charge < -0.3 is 10.1 Å². The summed E-state index contributed by atoms with van der Waals surface area (Å²) in [6.07, 6.45) is 1.08. The van der Waals surface area contributed by atoms with E-state index in [-0.39, 0.29) is 5.69 Å². The van der Waals surface area contributed by atoms with Gasteiger partial charge in [0.05, 0.1) is 4.92 Å². The summed E-state index contributed by atoms with van der Waals surface area (Å²) in [5, 5.41) is 13.9. The summed E-state index contributed by atoms with van der Waals surface area (Å²) in [5.74, 6) is 0.655. The van der Waals surface area contributed by atoms with Crippen LogP contribution in [-0.4, -0.2) is 24.6 Å². The van der Waals surface area contributed by atoms with Crippen molar-refractivity contribution in [3.8, 4) is 5.75 Å². The van der Waals surface area contributed by atoms with Crippen LogP contribution in [0.2, 0.25) is 0 Å². The first-order chi connectivity index (χ1) is 9.04. The van der Waals surface area contributed by atoms with Crippen LogP contribution in [0.4, 0.5) is 5.69 Å². The van der Waals surface area contributed by atoms with Gasteiger partial charge in [-0.1, -0.05) is 13.5 Å². The SMILES string of the molecule is C=C(CNCCC)COc1ccc([N+](=O)[O-])cc1C. The number of non-ortho nitro benzene ring substituents is 1. The van der Waals surface area contributed by atoms with E-state index >= 15 is 0 Å². The Morgan fingerprint density at radius 3 is 2.84 bits per heavy atom. The van der Waals surface area contributed by atoms with Crippen molar-refractivity contribution in [2.24, 2.45) is 0 Å². The van der Waals surface area contributed by atoms with Crippen LogP contribution in [0.15, 0.2) is 30.4 Å². The fourth-order valence-electron chi connectivity index (χ4n) is 1.58. The Bertz CT molecular complexity index is 458. The van der Waals surface area contributed by atoms with Gasteiger partial charge in [0, 0.05) is 18.7 Å². The molecule has 1 rings (SSSR count). The van der Waals surface area contributed by atoms with E-state index in [9.17, 15) is 10.1 Å². The van der Waals surface area contributed by atoms with Crippen molar-refractivity contribution in [2.45, 2.75) is 20.3 Å². The lowest BCUT2D eigenvalue weighted by Gasteiger charge is -2.11. The average Bonchev–Trinajstić information content (AvgIpc) is 2.37. The molecule has 0 bridgehead atoms. The maximum absolute atomic E-state index is 10.6. The monoisotopic (exact) mass is 264 g/mol. The van der Waals surface area contributed by atoms with Crippen molar-refractivity contribution in [3.63, 3.8) is 0 Å². The minimum atomic E-state index is -0.412. The average molecular weight is 264 g/mol. The topological polar surface area (TPSA) is 64.4 Å². The van der Waals surface area contributed by atoms with Crippen LogP contribution in [0.1, 0.15) is 18.9 Å². The zero-order chi connectivity index (χ0) is 14.3. The molecule has 1 N–H and O–H groups in total. The maximum atomic E-state index is 10.6. The van der Waals surface area contributed by atoms with Crippen molar-refractivity contribution in [2.75, 3.05) is 19.7 Å². The number of nitrogens with zero attached hydrogens (tertiary/aromatic N) is 1. The van der Waals surface area contributed by atoms with Crippen LogP contribution in [0.25, 0.3) is 0 Å². The van der Waals surface area contributed by atoms with Crippen LogP contribution in [0.3, 0.4) is 0 Å². The van der Waals surface area contributed by atoms with Crippen LogP contribution >= 0.6 is 0 Å². The second-order valence-corrected chi connectivity index (χ2v) is 4.42. The molecule has 19 heavy (non-hydrogen) atoms. The van der Waals surface area contributed by atoms with Gasteiger partial charge in [-0.2, -0.15) is 0 Å². The second-order valence-electron chi connectivity index (χ2n) is 4.42. The van der Waals surface area contributed by atoms with Gasteiger partial charge in [-0.05, 0) is 37.1 Å². The number of benzene rings is 1. The predicted molar refractivity (Wildman–Crippen MR) is 75.6 cm³/mol. The highest BCUT2D eigenvalue weighted by Gasteiger charge is 2.08. The summed E-state index contributed by atoms with van der Waals surface area (Å²) >= 11 is 0. The molecule has 0 aliphatic rings. The number of rotatable bonds is 8. The molecule has 0 radical (unpaired) electrons. The van der Waals surface area contributed by atoms with Crippen LogP contribution < -0.4 is 10.1 Å². The number of hydrogen-bond donors (Lipinski definition) is 1. The van der Waals surface area contributed by atoms with Gasteiger partial charge >= 0.3 is 0 Å². The van der Waals surface area contributed by atoms with Crippen molar-refractivity contribution < 1.29 is 9.66 Å². The standard InChI is InChI=1S/C14H20N2O3/c1-4-7-15-9-11(2)10-19-14-6-5-13(16(17)18)8-12(14)3/h5-6,8,15H,2,4,7,9-10H2,1,3H3. The number of nitro benzene ring substituents is 1. The van der Waals surface area contributed by atoms with E-state index in [1.54, 1.807) is 13.0 Å². The fraction of sp³-hybridized carbons (Fsp3) is 0.429. The van der Waals surface area contributed by atoms with E-state index in [1.807, 2.05) is 0 Å². The highest BCUT2D eigenvalue weighted by atomic mass is 16.6. The normalized spacial score (nSPS) is 10.2. The Morgan fingerprint density at radius 1 is 1.53 bits per heavy atom. The molecular formula is C14H20N2O3. The van der Waals surface area contributed by atoms with E-state index in [4.69, 9.17) is 4.74 Å². The van der Waals surface area contributed by atoms with Gasteiger partial charge in [0.2, 0.25) is 0 Å². The summed E-state index contributed by atoms with van der Waals surface area (Å²) < 4.78 is 5.60. The van der Waals surface area contributed by atoms with Crippen molar-refractivity contribution in [3.05, 3.63) is 46.0 Å². The first-order valence-corrected chi connectivity index (χ1v) is 6.29. The highest BCUT2D eigenvalue weighted by molar-refractivity contribution is 5.43. The molecule has 0 unspecified atom stereocenters. The van der Waals surface area contributed by atoms with Crippen LogP contribution in [0.5, 0.6) is 5.75 Å². The second kappa shape index (κ2) is 7.53. The lowest BCUT2D eigenvalue weighted by Crippen LogP contribution is -2.20. The molecule has 104 valence electrons. The van der Waals surface area contributed by atoms with Crippen molar-refractivity contribution >= 4 is 5.69 Å². The molecule has 5 nitrogen and oxygen atoms in total. The number of nitrogens with one attached hydrogen (secondary N) is 1. The quantitative estimate of drug-likeness (QED) is 0.339. The Labute approximate surface area is 113 Å². The van der Waals surface area contributed by atoms with E-state index in [0.717, 1.165) is 30.6 Å². The van der Waals surface area contributed by atoms with Crippen LogP contribution in [0, 0.1) is 17.0 Å². The summed E-state index contributed by atoms with van der Waals surface area (Å²) in [6, 6.07) is 4.58. The fourth-order valence-corrected chi connectivity index (χ4v) is 1.58. The molecule has 0 aliphatic carbocycles. The van der Waals surface area contributed by atoms with Gasteiger partial charge in [0.15, 0.2) is 0 Å². The molecule has 0 atom stereocenters. The van der Waals surface area contributed by atoms with Gasteiger partial charge in [-0.15, -0.1) is 0 Å². The molecule has 0 saturated heterocycles. The van der Waals surface area contributed by atoms with E-state index in [0.29, 0.717) is 12.4 Å². The summed E-state index contributed by atoms with van der Waals surface area (Å²) in [5.41, 5.74) is 1.78. The molecule has 0 aromatic heterocycles. The lowest BCUT2D eigenvalue weighted by molar-refractivity contribution is -0.384. The molecule has 0 heterocycles. The largest absolute Gasteiger partial charge is 0.489 e. The first-order valence-electron chi connectivity index (χ1n) is 6.29. The molecule has 0 fully saturated rings. The molecule has 0 aliphatic heterocycles. The van der Waals surface area contributed by atoms with Crippen molar-refractivity contribution in [1.29, 1.82) is 0 Å². The molecule has 1 aromatic carbocycles. The van der Waals surface area contributed by atoms with Crippen LogP contribution in [-0.2, 0) is 0 Å². The third-order valence-corrected chi connectivity index (χ3v) is 2.60. The van der Waals surface area contributed by atoms with E-state index in [2.05, 4.69) is 18.8 Å². The molecule has 5 heteroatoms. The summed E-state index contributed by atoms with van der Waals surface area (Å²) in [6.45, 7) is 9.91. The van der Waals surface area contributed by atoms with Gasteiger partial charge in [-0.25, -0.2) is 0 Å². The van der Waals surface area contributed by atoms with E-state index < -0.39 is 4.92 Å². The Kier molecular flexibility index (Phi) is 6.02. The zero-order valence-corrected chi connectivity index (χ0v) is 11.4. The lowest BCUT2D eigenvalue weighted by atomic mass is 10.2. The smallest absolute Gasteiger partial charge is 0.269 e. The minimum Gasteiger partial charge on any atom is -0.489 e. The summed E-state index contributed by atoms with van der Waals surface area (Å²) in [4.78, 5) is 10.2. The third-order valence-electron chi connectivity index (χ3n) is 2.60. The van der Waals surface area contributed by atoms with Crippen molar-refractivity contribution in [1.82, 2.24) is 5.32 Å². The number of hydrogen-bond acceptors (Lipinski definition) is 4. The molecular weight excluding hydrogens is 244 g/mol. The number of aryl methyl sites for hydroxylation is 1. The van der Waals surface area contributed by atoms with Gasteiger partial charge in [0.25, 0.3) is 5.69 Å². The van der Waals surface area contributed by atoms with Gasteiger partial charge in [-0.3, -0.25) is 10.1 Å². The minimum absolute atomic E-state index is 0.0771. The number of nitro groups is 1. The molecule has 1 aromatic rings. The number of ether oxygens (including phenoxy) is 1. The molecule has 0 spiro atoms. The Balaban J connectivity index is 2.49. The van der Waals surface area contributed by atoms with E-state index in [1.165, 1.54) is 12.1 Å². The summed E-state index contributed by atoms with van der Waals surface area (Å²) in [7, 11) is 0. The zero-order valence-electron chi connectivity index (χ0n) is 11.4. The Hall–Kier alpha value is -1.88. The predicted octanol–water partition coefficient (Wildman–Crippen LogP) is 2.84.